The van der Waals surface area contributed by atoms with E-state index >= 15 is 0 Å². The van der Waals surface area contributed by atoms with Gasteiger partial charge in [0.15, 0.2) is 5.11 Å². The highest BCUT2D eigenvalue weighted by Crippen LogP contribution is 2.32. The number of hydrogen-bond donors (Lipinski definition) is 2. The highest BCUT2D eigenvalue weighted by molar-refractivity contribution is 7.80. The SMILES string of the molecule is COCCOC(=O)C1=C(C)NC(=S)NC1c1ccc(-c2cccc(Cl)c2)o1. The van der Waals surface area contributed by atoms with Crippen LogP contribution in [0.4, 0.5) is 0 Å². The molecule has 0 radical (unpaired) electrons. The second-order valence-electron chi connectivity index (χ2n) is 5.91. The van der Waals surface area contributed by atoms with Gasteiger partial charge in [-0.3, -0.25) is 0 Å². The Morgan fingerprint density at radius 1 is 1.30 bits per heavy atom. The summed E-state index contributed by atoms with van der Waals surface area (Å²) in [6.45, 7) is 2.25. The number of methoxy groups -OCH3 is 1. The van der Waals surface area contributed by atoms with Gasteiger partial charge in [0, 0.05) is 23.4 Å². The lowest BCUT2D eigenvalue weighted by atomic mass is 10.0. The summed E-state index contributed by atoms with van der Waals surface area (Å²) in [6.07, 6.45) is 0. The number of ether oxygens (including phenoxy) is 2. The Kier molecular flexibility index (Phi) is 6.15. The molecule has 8 heteroatoms. The number of rotatable bonds is 6. The molecule has 1 aromatic heterocycles. The van der Waals surface area contributed by atoms with E-state index in [-0.39, 0.29) is 6.61 Å². The average Bonchev–Trinajstić information content (AvgIpc) is 3.11. The molecule has 6 nitrogen and oxygen atoms in total. The van der Waals surface area contributed by atoms with Crippen molar-refractivity contribution in [3.05, 3.63) is 58.5 Å². The summed E-state index contributed by atoms with van der Waals surface area (Å²) in [4.78, 5) is 12.6. The molecule has 0 saturated heterocycles. The van der Waals surface area contributed by atoms with E-state index in [1.165, 1.54) is 0 Å². The Balaban J connectivity index is 1.90. The molecule has 2 N–H and O–H groups in total. The predicted molar refractivity (Wildman–Crippen MR) is 106 cm³/mol. The molecule has 1 aliphatic heterocycles. The van der Waals surface area contributed by atoms with Gasteiger partial charge in [-0.25, -0.2) is 4.79 Å². The summed E-state index contributed by atoms with van der Waals surface area (Å²) in [5, 5.41) is 7.05. The molecule has 1 aromatic carbocycles. The number of benzene rings is 1. The molecule has 1 atom stereocenters. The molecule has 0 saturated carbocycles. The highest BCUT2D eigenvalue weighted by atomic mass is 35.5. The van der Waals surface area contributed by atoms with Crippen molar-refractivity contribution in [1.29, 1.82) is 0 Å². The summed E-state index contributed by atoms with van der Waals surface area (Å²) < 4.78 is 16.2. The summed E-state index contributed by atoms with van der Waals surface area (Å²) in [5.74, 6) is 0.730. The van der Waals surface area contributed by atoms with Crippen LogP contribution in [-0.2, 0) is 14.3 Å². The number of carbonyl (C=O) groups excluding carboxylic acids is 1. The predicted octanol–water partition coefficient (Wildman–Crippen LogP) is 3.58. The molecule has 1 unspecified atom stereocenters. The van der Waals surface area contributed by atoms with Crippen LogP contribution < -0.4 is 10.6 Å². The van der Waals surface area contributed by atoms with E-state index < -0.39 is 12.0 Å². The Labute approximate surface area is 167 Å². The van der Waals surface area contributed by atoms with Crippen molar-refractivity contribution in [2.75, 3.05) is 20.3 Å². The number of allylic oxidation sites excluding steroid dienone is 1. The number of carbonyl (C=O) groups is 1. The van der Waals surface area contributed by atoms with Crippen molar-refractivity contribution >= 4 is 34.9 Å². The first-order valence-electron chi connectivity index (χ1n) is 8.29. The fourth-order valence-electron chi connectivity index (χ4n) is 2.78. The van der Waals surface area contributed by atoms with Crippen molar-refractivity contribution in [1.82, 2.24) is 10.6 Å². The van der Waals surface area contributed by atoms with E-state index in [1.807, 2.05) is 24.3 Å². The number of thiocarbonyl (C=S) groups is 1. The summed E-state index contributed by atoms with van der Waals surface area (Å²) in [5.41, 5.74) is 1.87. The van der Waals surface area contributed by atoms with Crippen LogP contribution in [0, 0.1) is 0 Å². The molecule has 2 heterocycles. The van der Waals surface area contributed by atoms with E-state index in [9.17, 15) is 4.79 Å². The van der Waals surface area contributed by atoms with E-state index in [1.54, 1.807) is 26.2 Å². The van der Waals surface area contributed by atoms with Crippen LogP contribution in [0.25, 0.3) is 11.3 Å². The Morgan fingerprint density at radius 3 is 2.85 bits per heavy atom. The zero-order valence-corrected chi connectivity index (χ0v) is 16.4. The molecule has 1 aliphatic rings. The molecule has 0 aliphatic carbocycles. The number of hydrogen-bond acceptors (Lipinski definition) is 5. The van der Waals surface area contributed by atoms with Gasteiger partial charge in [-0.05, 0) is 43.4 Å². The molecule has 2 aromatic rings. The van der Waals surface area contributed by atoms with Crippen LogP contribution in [0.2, 0.25) is 5.02 Å². The van der Waals surface area contributed by atoms with Crippen molar-refractivity contribution in [2.45, 2.75) is 13.0 Å². The van der Waals surface area contributed by atoms with Gasteiger partial charge in [0.05, 0.1) is 12.2 Å². The normalized spacial score (nSPS) is 16.7. The number of nitrogens with one attached hydrogen (secondary N) is 2. The minimum Gasteiger partial charge on any atom is -0.460 e. The van der Waals surface area contributed by atoms with Gasteiger partial charge in [-0.1, -0.05) is 23.7 Å². The number of halogens is 1. The maximum Gasteiger partial charge on any atom is 0.338 e. The maximum atomic E-state index is 12.6. The van der Waals surface area contributed by atoms with Gasteiger partial charge in [0.1, 0.15) is 24.2 Å². The molecule has 0 spiro atoms. The molecule has 0 fully saturated rings. The number of furan rings is 1. The second-order valence-corrected chi connectivity index (χ2v) is 6.76. The van der Waals surface area contributed by atoms with Gasteiger partial charge in [-0.15, -0.1) is 0 Å². The molecule has 142 valence electrons. The van der Waals surface area contributed by atoms with Crippen LogP contribution in [0.1, 0.15) is 18.7 Å². The lowest BCUT2D eigenvalue weighted by Gasteiger charge is -2.28. The van der Waals surface area contributed by atoms with Gasteiger partial charge in [-0.2, -0.15) is 0 Å². The summed E-state index contributed by atoms with van der Waals surface area (Å²) >= 11 is 11.3. The monoisotopic (exact) mass is 406 g/mol. The maximum absolute atomic E-state index is 12.6. The van der Waals surface area contributed by atoms with Crippen molar-refractivity contribution < 1.29 is 18.7 Å². The highest BCUT2D eigenvalue weighted by Gasteiger charge is 2.33. The van der Waals surface area contributed by atoms with E-state index in [4.69, 9.17) is 37.7 Å². The molecule has 0 amide bonds. The van der Waals surface area contributed by atoms with Crippen LogP contribution in [-0.4, -0.2) is 31.4 Å². The first kappa shape index (κ1) is 19.4. The zero-order chi connectivity index (χ0) is 19.4. The average molecular weight is 407 g/mol. The second kappa shape index (κ2) is 8.56. The van der Waals surface area contributed by atoms with Gasteiger partial charge < -0.3 is 24.5 Å². The van der Waals surface area contributed by atoms with Gasteiger partial charge in [0.25, 0.3) is 0 Å². The Bertz CT molecular complexity index is 893. The third-order valence-electron chi connectivity index (χ3n) is 4.03. The number of esters is 1. The van der Waals surface area contributed by atoms with Crippen LogP contribution in [0.3, 0.4) is 0 Å². The third kappa shape index (κ3) is 4.50. The van der Waals surface area contributed by atoms with Crippen molar-refractivity contribution in [3.63, 3.8) is 0 Å². The fraction of sp³-hybridized carbons (Fsp3) is 0.263. The van der Waals surface area contributed by atoms with Crippen LogP contribution >= 0.6 is 23.8 Å². The fourth-order valence-corrected chi connectivity index (χ4v) is 3.24. The smallest absolute Gasteiger partial charge is 0.338 e. The van der Waals surface area contributed by atoms with E-state index in [2.05, 4.69) is 10.6 Å². The minimum absolute atomic E-state index is 0.162. The minimum atomic E-state index is -0.554. The quantitative estimate of drug-likeness (QED) is 0.431. The molecule has 3 rings (SSSR count). The largest absolute Gasteiger partial charge is 0.460 e. The van der Waals surface area contributed by atoms with Gasteiger partial charge in [0.2, 0.25) is 0 Å². The van der Waals surface area contributed by atoms with Crippen LogP contribution in [0.5, 0.6) is 0 Å². The molecule has 27 heavy (non-hydrogen) atoms. The Morgan fingerprint density at radius 2 is 2.11 bits per heavy atom. The lowest BCUT2D eigenvalue weighted by molar-refractivity contribution is -0.140. The standard InChI is InChI=1S/C19H19ClN2O4S/c1-11-16(18(23)25-9-8-24-2)17(22-19(27)21-11)15-7-6-14(26-15)12-4-3-5-13(20)10-12/h3-7,10,17H,8-9H2,1-2H3,(H2,21,22,27). The van der Waals surface area contributed by atoms with Crippen molar-refractivity contribution in [2.24, 2.45) is 0 Å². The molecular formula is C19H19ClN2O4S. The first-order chi connectivity index (χ1) is 13.0. The lowest BCUT2D eigenvalue weighted by Crippen LogP contribution is -2.45. The van der Waals surface area contributed by atoms with Crippen LogP contribution in [0.15, 0.2) is 52.1 Å². The van der Waals surface area contributed by atoms with E-state index in [0.717, 1.165) is 5.56 Å². The third-order valence-corrected chi connectivity index (χ3v) is 4.49. The van der Waals surface area contributed by atoms with E-state index in [0.29, 0.717) is 39.5 Å². The topological polar surface area (TPSA) is 72.7 Å². The summed E-state index contributed by atoms with van der Waals surface area (Å²) in [7, 11) is 1.55. The van der Waals surface area contributed by atoms with Gasteiger partial charge >= 0.3 is 5.97 Å². The summed E-state index contributed by atoms with van der Waals surface area (Å²) in [6, 6.07) is 10.4. The molecule has 0 bridgehead atoms. The molecular weight excluding hydrogens is 388 g/mol. The zero-order valence-electron chi connectivity index (χ0n) is 14.9. The Hall–Kier alpha value is -2.35. The first-order valence-corrected chi connectivity index (χ1v) is 9.08. The van der Waals surface area contributed by atoms with Crippen molar-refractivity contribution in [3.8, 4) is 11.3 Å².